The van der Waals surface area contributed by atoms with Gasteiger partial charge in [-0.15, -0.1) is 0 Å². The van der Waals surface area contributed by atoms with E-state index in [2.05, 4.69) is 4.98 Å². The third-order valence-corrected chi connectivity index (χ3v) is 4.24. The zero-order valence-corrected chi connectivity index (χ0v) is 12.0. The molecule has 2 unspecified atom stereocenters. The lowest BCUT2D eigenvalue weighted by Crippen LogP contribution is -2.25. The Morgan fingerprint density at radius 1 is 1.50 bits per heavy atom. The predicted octanol–water partition coefficient (Wildman–Crippen LogP) is 1.55. The molecule has 2 heterocycles. The normalized spacial score (nSPS) is 25.9. The highest BCUT2D eigenvalue weighted by Crippen LogP contribution is 2.44. The highest BCUT2D eigenvalue weighted by molar-refractivity contribution is 5.92. The Hall–Kier alpha value is -1.56. The molecule has 2 N–H and O–H groups in total. The number of hydrogen-bond acceptors (Lipinski definition) is 5. The first-order valence-corrected chi connectivity index (χ1v) is 7.23. The van der Waals surface area contributed by atoms with E-state index < -0.39 is 5.97 Å². The first-order valence-electron chi connectivity index (χ1n) is 7.23. The van der Waals surface area contributed by atoms with Crippen molar-refractivity contribution >= 4 is 11.8 Å². The molecule has 110 valence electrons. The van der Waals surface area contributed by atoms with Gasteiger partial charge in [-0.1, -0.05) is 6.92 Å². The van der Waals surface area contributed by atoms with E-state index >= 15 is 0 Å². The molecule has 0 radical (unpaired) electrons. The van der Waals surface area contributed by atoms with Crippen LogP contribution in [0.25, 0.3) is 0 Å². The maximum atomic E-state index is 11.7. The first-order chi connectivity index (χ1) is 9.67. The second-order valence-corrected chi connectivity index (χ2v) is 5.51. The average Bonchev–Trinajstić information content (AvgIpc) is 3.10. The SMILES string of the molecule is CCc1nc(C(=O)OC)c(N)n1C1CCOC1C1CC1. The zero-order chi connectivity index (χ0) is 14.3. The lowest BCUT2D eigenvalue weighted by molar-refractivity contribution is 0.0595. The summed E-state index contributed by atoms with van der Waals surface area (Å²) in [5, 5.41) is 0. The molecule has 1 saturated heterocycles. The summed E-state index contributed by atoms with van der Waals surface area (Å²) in [6.45, 7) is 2.77. The molecule has 6 heteroatoms. The summed E-state index contributed by atoms with van der Waals surface area (Å²) >= 11 is 0. The van der Waals surface area contributed by atoms with Gasteiger partial charge in [0.1, 0.15) is 11.6 Å². The van der Waals surface area contributed by atoms with Crippen molar-refractivity contribution in [2.24, 2.45) is 5.92 Å². The number of rotatable bonds is 4. The van der Waals surface area contributed by atoms with Gasteiger partial charge in [0.2, 0.25) is 0 Å². The number of anilines is 1. The van der Waals surface area contributed by atoms with Gasteiger partial charge in [-0.3, -0.25) is 0 Å². The Morgan fingerprint density at radius 2 is 2.25 bits per heavy atom. The number of hydrogen-bond donors (Lipinski definition) is 1. The molecule has 1 aromatic rings. The second kappa shape index (κ2) is 5.09. The minimum atomic E-state index is -0.474. The number of nitrogen functional groups attached to an aromatic ring is 1. The molecule has 0 bridgehead atoms. The summed E-state index contributed by atoms with van der Waals surface area (Å²) in [4.78, 5) is 16.1. The van der Waals surface area contributed by atoms with Gasteiger partial charge in [-0.25, -0.2) is 9.78 Å². The van der Waals surface area contributed by atoms with Crippen molar-refractivity contribution in [2.75, 3.05) is 19.5 Å². The van der Waals surface area contributed by atoms with Crippen molar-refractivity contribution in [3.63, 3.8) is 0 Å². The van der Waals surface area contributed by atoms with Crippen molar-refractivity contribution in [2.45, 2.75) is 44.8 Å². The smallest absolute Gasteiger partial charge is 0.360 e. The standard InChI is InChI=1S/C14H21N3O3/c1-3-10-16-11(14(18)19-2)13(15)17(10)9-6-7-20-12(9)8-4-5-8/h8-9,12H,3-7,15H2,1-2H3. The molecular formula is C14H21N3O3. The van der Waals surface area contributed by atoms with Crippen molar-refractivity contribution in [1.82, 2.24) is 9.55 Å². The number of ether oxygens (including phenoxy) is 2. The van der Waals surface area contributed by atoms with E-state index in [9.17, 15) is 4.79 Å². The molecular weight excluding hydrogens is 258 g/mol. The maximum Gasteiger partial charge on any atom is 0.360 e. The summed E-state index contributed by atoms with van der Waals surface area (Å²) in [6, 6.07) is 0.198. The fraction of sp³-hybridized carbons (Fsp3) is 0.714. The van der Waals surface area contributed by atoms with Crippen LogP contribution in [0.15, 0.2) is 0 Å². The number of aromatic nitrogens is 2. The summed E-state index contributed by atoms with van der Waals surface area (Å²) in [5.41, 5.74) is 6.39. The quantitative estimate of drug-likeness (QED) is 0.846. The summed E-state index contributed by atoms with van der Waals surface area (Å²) in [7, 11) is 1.35. The van der Waals surface area contributed by atoms with Gasteiger partial charge in [0.05, 0.1) is 19.3 Å². The van der Waals surface area contributed by atoms with Crippen molar-refractivity contribution in [3.8, 4) is 0 Å². The van der Waals surface area contributed by atoms with Crippen molar-refractivity contribution in [1.29, 1.82) is 0 Å². The van der Waals surface area contributed by atoms with Gasteiger partial charge < -0.3 is 19.8 Å². The molecule has 2 fully saturated rings. The Balaban J connectivity index is 1.98. The van der Waals surface area contributed by atoms with E-state index in [1.807, 2.05) is 11.5 Å². The molecule has 3 rings (SSSR count). The van der Waals surface area contributed by atoms with Crippen LogP contribution in [0.5, 0.6) is 0 Å². The molecule has 6 nitrogen and oxygen atoms in total. The average molecular weight is 279 g/mol. The monoisotopic (exact) mass is 279 g/mol. The van der Waals surface area contributed by atoms with Gasteiger partial charge in [-0.05, 0) is 25.2 Å². The first kappa shape index (κ1) is 13.4. The van der Waals surface area contributed by atoms with E-state index in [4.69, 9.17) is 15.2 Å². The number of methoxy groups -OCH3 is 1. The number of nitrogens with zero attached hydrogens (tertiary/aromatic N) is 2. The minimum absolute atomic E-state index is 0.198. The molecule has 0 spiro atoms. The molecule has 1 aliphatic carbocycles. The number of carbonyl (C=O) groups is 1. The van der Waals surface area contributed by atoms with Gasteiger partial charge in [0.25, 0.3) is 0 Å². The van der Waals surface area contributed by atoms with Crippen LogP contribution in [0.2, 0.25) is 0 Å². The Labute approximate surface area is 118 Å². The summed E-state index contributed by atoms with van der Waals surface area (Å²) in [6.07, 6.45) is 4.31. The highest BCUT2D eigenvalue weighted by Gasteiger charge is 2.43. The lowest BCUT2D eigenvalue weighted by Gasteiger charge is -2.22. The molecule has 0 aromatic carbocycles. The van der Waals surface area contributed by atoms with Crippen molar-refractivity contribution < 1.29 is 14.3 Å². The van der Waals surface area contributed by atoms with Crippen LogP contribution in [0.1, 0.15) is 48.5 Å². The van der Waals surface area contributed by atoms with Crippen LogP contribution in [-0.4, -0.2) is 35.3 Å². The highest BCUT2D eigenvalue weighted by atomic mass is 16.5. The third kappa shape index (κ3) is 2.08. The summed E-state index contributed by atoms with van der Waals surface area (Å²) in [5.74, 6) is 1.41. The van der Waals surface area contributed by atoms with E-state index in [1.54, 1.807) is 0 Å². The van der Waals surface area contributed by atoms with Gasteiger partial charge in [0, 0.05) is 13.0 Å². The molecule has 1 saturated carbocycles. The fourth-order valence-corrected chi connectivity index (χ4v) is 3.11. The molecule has 20 heavy (non-hydrogen) atoms. The van der Waals surface area contributed by atoms with E-state index in [-0.39, 0.29) is 17.8 Å². The molecule has 1 aliphatic heterocycles. The van der Waals surface area contributed by atoms with E-state index in [0.717, 1.165) is 25.3 Å². The number of nitrogens with two attached hydrogens (primary N) is 1. The van der Waals surface area contributed by atoms with Crippen LogP contribution in [-0.2, 0) is 15.9 Å². The van der Waals surface area contributed by atoms with Crippen molar-refractivity contribution in [3.05, 3.63) is 11.5 Å². The zero-order valence-electron chi connectivity index (χ0n) is 12.0. The van der Waals surface area contributed by atoms with Gasteiger partial charge in [-0.2, -0.15) is 0 Å². The molecule has 0 amide bonds. The number of aryl methyl sites for hydroxylation is 1. The van der Waals surface area contributed by atoms with Crippen LogP contribution in [0.3, 0.4) is 0 Å². The maximum absolute atomic E-state index is 11.7. The van der Waals surface area contributed by atoms with Crippen LogP contribution < -0.4 is 5.73 Å². The van der Waals surface area contributed by atoms with Crippen LogP contribution >= 0.6 is 0 Å². The molecule has 2 aliphatic rings. The third-order valence-electron chi connectivity index (χ3n) is 4.24. The Bertz CT molecular complexity index is 522. The fourth-order valence-electron chi connectivity index (χ4n) is 3.11. The Kier molecular flexibility index (Phi) is 3.41. The van der Waals surface area contributed by atoms with Crippen LogP contribution in [0.4, 0.5) is 5.82 Å². The molecule has 2 atom stereocenters. The van der Waals surface area contributed by atoms with E-state index in [1.165, 1.54) is 20.0 Å². The topological polar surface area (TPSA) is 79.4 Å². The number of esters is 1. The second-order valence-electron chi connectivity index (χ2n) is 5.51. The number of imidazole rings is 1. The van der Waals surface area contributed by atoms with E-state index in [0.29, 0.717) is 11.7 Å². The van der Waals surface area contributed by atoms with Gasteiger partial charge in [0.15, 0.2) is 5.69 Å². The van der Waals surface area contributed by atoms with Gasteiger partial charge >= 0.3 is 5.97 Å². The largest absolute Gasteiger partial charge is 0.464 e. The minimum Gasteiger partial charge on any atom is -0.464 e. The molecule has 1 aromatic heterocycles. The number of carbonyl (C=O) groups excluding carboxylic acids is 1. The predicted molar refractivity (Wildman–Crippen MR) is 73.5 cm³/mol. The summed E-state index contributed by atoms with van der Waals surface area (Å²) < 4.78 is 12.6. The Morgan fingerprint density at radius 3 is 2.85 bits per heavy atom. The van der Waals surface area contributed by atoms with Crippen LogP contribution in [0, 0.1) is 5.92 Å². The lowest BCUT2D eigenvalue weighted by atomic mass is 10.1.